The van der Waals surface area contributed by atoms with Crippen molar-refractivity contribution in [2.75, 3.05) is 0 Å². The molecule has 4 aromatic rings. The second-order valence-corrected chi connectivity index (χ2v) is 6.52. The minimum Gasteiger partial charge on any atom is -0.484 e. The van der Waals surface area contributed by atoms with E-state index in [-0.39, 0.29) is 23.3 Å². The Morgan fingerprint density at radius 3 is 2.57 bits per heavy atom. The molecule has 2 aromatic heterocycles. The maximum Gasteiger partial charge on any atom is 0.255 e. The molecule has 2 aromatic carbocycles. The van der Waals surface area contributed by atoms with Crippen molar-refractivity contribution in [3.8, 4) is 11.4 Å². The summed E-state index contributed by atoms with van der Waals surface area (Å²) in [6.07, 6.45) is 2.64. The Morgan fingerprint density at radius 1 is 1.10 bits per heavy atom. The van der Waals surface area contributed by atoms with E-state index in [4.69, 9.17) is 10.5 Å². The number of halogens is 2. The number of carbonyl (C=O) groups excluding carboxylic acids is 1. The van der Waals surface area contributed by atoms with Crippen molar-refractivity contribution in [2.45, 2.75) is 6.61 Å². The Bertz CT molecular complexity index is 1320. The molecular weight excluding hydrogens is 392 g/mol. The molecule has 4 rings (SSSR count). The number of ether oxygens (including phenoxy) is 1. The van der Waals surface area contributed by atoms with Crippen LogP contribution in [0.4, 0.5) is 8.78 Å². The number of hydrogen-bond donors (Lipinski definition) is 1. The van der Waals surface area contributed by atoms with Crippen LogP contribution in [0, 0.1) is 11.8 Å². The van der Waals surface area contributed by atoms with Crippen LogP contribution < -0.4 is 15.9 Å². The summed E-state index contributed by atoms with van der Waals surface area (Å²) in [5.74, 6) is -2.06. The number of amides is 1. The van der Waals surface area contributed by atoms with Crippen LogP contribution in [0.2, 0.25) is 0 Å². The van der Waals surface area contributed by atoms with Crippen LogP contribution in [-0.4, -0.2) is 15.5 Å². The number of primary amides is 1. The predicted molar refractivity (Wildman–Crippen MR) is 107 cm³/mol. The molecule has 0 saturated carbocycles. The highest BCUT2D eigenvalue weighted by molar-refractivity contribution is 5.96. The highest BCUT2D eigenvalue weighted by Crippen LogP contribution is 2.21. The first kappa shape index (κ1) is 19.3. The molecule has 0 atom stereocenters. The summed E-state index contributed by atoms with van der Waals surface area (Å²) in [5, 5.41) is 0.225. The normalized spacial score (nSPS) is 10.9. The van der Waals surface area contributed by atoms with E-state index in [2.05, 4.69) is 4.98 Å². The zero-order valence-corrected chi connectivity index (χ0v) is 15.5. The fraction of sp³-hybridized carbons (Fsp3) is 0.0455. The number of nitrogens with two attached hydrogens (primary N) is 1. The molecule has 30 heavy (non-hydrogen) atoms. The fourth-order valence-electron chi connectivity index (χ4n) is 3.10. The minimum absolute atomic E-state index is 0.0185. The van der Waals surface area contributed by atoms with Crippen LogP contribution in [0.1, 0.15) is 15.9 Å². The zero-order chi connectivity index (χ0) is 21.3. The van der Waals surface area contributed by atoms with Crippen molar-refractivity contribution in [3.63, 3.8) is 0 Å². The second-order valence-electron chi connectivity index (χ2n) is 6.52. The molecule has 0 aliphatic heterocycles. The quantitative estimate of drug-likeness (QED) is 0.514. The summed E-state index contributed by atoms with van der Waals surface area (Å²) in [7, 11) is 0. The summed E-state index contributed by atoms with van der Waals surface area (Å²) in [5.41, 5.74) is 6.26. The van der Waals surface area contributed by atoms with Gasteiger partial charge >= 0.3 is 0 Å². The highest BCUT2D eigenvalue weighted by Gasteiger charge is 2.15. The first-order valence-electron chi connectivity index (χ1n) is 8.91. The fourth-order valence-corrected chi connectivity index (χ4v) is 3.10. The molecule has 0 bridgehead atoms. The van der Waals surface area contributed by atoms with E-state index in [1.165, 1.54) is 42.7 Å². The Hall–Kier alpha value is -4.07. The number of rotatable bonds is 5. The molecule has 6 nitrogen and oxygen atoms in total. The Morgan fingerprint density at radius 2 is 1.87 bits per heavy atom. The first-order chi connectivity index (χ1) is 14.4. The summed E-state index contributed by atoms with van der Waals surface area (Å²) in [6, 6.07) is 13.5. The summed E-state index contributed by atoms with van der Waals surface area (Å²) in [6.45, 7) is -0.0185. The third-order valence-electron chi connectivity index (χ3n) is 4.56. The van der Waals surface area contributed by atoms with Crippen LogP contribution in [-0.2, 0) is 6.61 Å². The number of pyridine rings is 2. The van der Waals surface area contributed by atoms with Crippen molar-refractivity contribution >= 4 is 16.8 Å². The minimum atomic E-state index is -0.878. The molecule has 0 saturated heterocycles. The zero-order valence-electron chi connectivity index (χ0n) is 15.5. The molecule has 1 amide bonds. The van der Waals surface area contributed by atoms with Crippen LogP contribution in [0.3, 0.4) is 0 Å². The molecule has 0 radical (unpaired) electrons. The van der Waals surface area contributed by atoms with Gasteiger partial charge in [0.15, 0.2) is 5.75 Å². The van der Waals surface area contributed by atoms with Gasteiger partial charge in [0.2, 0.25) is 5.43 Å². The van der Waals surface area contributed by atoms with Gasteiger partial charge in [-0.1, -0.05) is 6.07 Å². The SMILES string of the molecule is NC(=O)c1cn(-c2ccc(F)cc2)c2ccc(COc3cccnc3F)cc2c1=O. The molecule has 0 spiro atoms. The Kier molecular flexibility index (Phi) is 4.97. The molecule has 0 unspecified atom stereocenters. The van der Waals surface area contributed by atoms with Gasteiger partial charge in [-0.25, -0.2) is 9.37 Å². The number of aromatic nitrogens is 2. The lowest BCUT2D eigenvalue weighted by Crippen LogP contribution is -2.24. The molecule has 2 heterocycles. The number of nitrogens with zero attached hydrogens (tertiary/aromatic N) is 2. The van der Waals surface area contributed by atoms with Crippen LogP contribution in [0.15, 0.2) is 71.8 Å². The third kappa shape index (κ3) is 3.62. The van der Waals surface area contributed by atoms with Gasteiger partial charge in [-0.2, -0.15) is 4.39 Å². The number of benzene rings is 2. The van der Waals surface area contributed by atoms with Crippen molar-refractivity contribution in [3.05, 3.63) is 100 Å². The average Bonchev–Trinajstić information content (AvgIpc) is 2.74. The number of fused-ring (bicyclic) bond motifs is 1. The monoisotopic (exact) mass is 407 g/mol. The molecule has 150 valence electrons. The van der Waals surface area contributed by atoms with Gasteiger partial charge in [0, 0.05) is 23.5 Å². The Balaban J connectivity index is 1.81. The first-order valence-corrected chi connectivity index (χ1v) is 8.91. The highest BCUT2D eigenvalue weighted by atomic mass is 19.1. The molecule has 8 heteroatoms. The van der Waals surface area contributed by atoms with Crippen molar-refractivity contribution in [1.82, 2.24) is 9.55 Å². The van der Waals surface area contributed by atoms with Gasteiger partial charge in [0.25, 0.3) is 11.9 Å². The topological polar surface area (TPSA) is 87.2 Å². The van der Waals surface area contributed by atoms with E-state index in [0.29, 0.717) is 16.8 Å². The van der Waals surface area contributed by atoms with Crippen LogP contribution >= 0.6 is 0 Å². The van der Waals surface area contributed by atoms with Gasteiger partial charge in [-0.3, -0.25) is 9.59 Å². The summed E-state index contributed by atoms with van der Waals surface area (Å²) < 4.78 is 34.0. The van der Waals surface area contributed by atoms with E-state index in [1.807, 2.05) is 0 Å². The Labute approximate surface area is 169 Å². The smallest absolute Gasteiger partial charge is 0.255 e. The largest absolute Gasteiger partial charge is 0.484 e. The van der Waals surface area contributed by atoms with Gasteiger partial charge in [0.1, 0.15) is 18.0 Å². The van der Waals surface area contributed by atoms with Gasteiger partial charge in [0.05, 0.1) is 5.52 Å². The van der Waals surface area contributed by atoms with Crippen LogP contribution in [0.5, 0.6) is 5.75 Å². The average molecular weight is 407 g/mol. The van der Waals surface area contributed by atoms with Gasteiger partial charge in [-0.15, -0.1) is 0 Å². The molecule has 2 N–H and O–H groups in total. The lowest BCUT2D eigenvalue weighted by Gasteiger charge is -2.14. The maximum absolute atomic E-state index is 13.7. The van der Waals surface area contributed by atoms with E-state index >= 15 is 0 Å². The van der Waals surface area contributed by atoms with Crippen molar-refractivity contribution in [1.29, 1.82) is 0 Å². The molecular formula is C22H15F2N3O3. The standard InChI is InChI=1S/C22H15F2N3O3/c23-14-4-6-15(7-5-14)27-11-17(22(25)29)20(28)16-10-13(3-8-18(16)27)12-30-19-2-1-9-26-21(19)24/h1-11H,12H2,(H2,25,29). The van der Waals surface area contributed by atoms with Crippen molar-refractivity contribution < 1.29 is 18.3 Å². The van der Waals surface area contributed by atoms with E-state index < -0.39 is 23.1 Å². The van der Waals surface area contributed by atoms with E-state index in [9.17, 15) is 18.4 Å². The summed E-state index contributed by atoms with van der Waals surface area (Å²) >= 11 is 0. The molecule has 0 aliphatic carbocycles. The molecule has 0 fully saturated rings. The van der Waals surface area contributed by atoms with Crippen LogP contribution in [0.25, 0.3) is 16.6 Å². The lowest BCUT2D eigenvalue weighted by molar-refractivity contribution is 0.0999. The number of hydrogen-bond acceptors (Lipinski definition) is 4. The maximum atomic E-state index is 13.7. The lowest BCUT2D eigenvalue weighted by atomic mass is 10.1. The summed E-state index contributed by atoms with van der Waals surface area (Å²) in [4.78, 5) is 28.1. The third-order valence-corrected chi connectivity index (χ3v) is 4.56. The van der Waals surface area contributed by atoms with E-state index in [0.717, 1.165) is 0 Å². The van der Waals surface area contributed by atoms with E-state index in [1.54, 1.807) is 28.8 Å². The van der Waals surface area contributed by atoms with Gasteiger partial charge in [-0.05, 0) is 54.1 Å². The molecule has 0 aliphatic rings. The van der Waals surface area contributed by atoms with Gasteiger partial charge < -0.3 is 15.0 Å². The second kappa shape index (κ2) is 7.75. The van der Waals surface area contributed by atoms with Crippen molar-refractivity contribution in [2.24, 2.45) is 5.73 Å². The number of carbonyl (C=O) groups is 1. The predicted octanol–water partition coefficient (Wildman–Crippen LogP) is 3.34.